The molecule has 1 aromatic heterocycles. The van der Waals surface area contributed by atoms with Crippen LogP contribution in [0.5, 0.6) is 0 Å². The molecule has 4 rings (SSSR count). The van der Waals surface area contributed by atoms with E-state index >= 15 is 0 Å². The third kappa shape index (κ3) is 26.3. The number of likely N-dealkylation sites (tertiary alicyclic amines) is 2. The number of esters is 1. The van der Waals surface area contributed by atoms with E-state index < -0.39 is 30.0 Å². The average molecular weight is 1240 g/mol. The Hall–Kier alpha value is -5.80. The Balaban J connectivity index is 0.000000914. The average Bonchev–Trinajstić information content (AvgIpc) is 2.82. The highest BCUT2D eigenvalue weighted by molar-refractivity contribution is 8.00. The van der Waals surface area contributed by atoms with Crippen molar-refractivity contribution in [2.24, 2.45) is 23.7 Å². The van der Waals surface area contributed by atoms with Crippen molar-refractivity contribution < 1.29 is 67.0 Å². The number of hydrogen-bond donors (Lipinski definition) is 2. The zero-order valence-corrected chi connectivity index (χ0v) is 55.0. The molecule has 0 saturated carbocycles. The van der Waals surface area contributed by atoms with E-state index in [4.69, 9.17) is 19.1 Å². The van der Waals surface area contributed by atoms with Gasteiger partial charge >= 0.3 is 12.1 Å². The number of Topliss-reactive ketones (excluding diaryl/α,β-unsaturated/α-hetero) is 4. The standard InChI is InChI=1S/C49H75N5O8S.C14H23NO4S.CO2/c1-12-17-37(25-35-19-21-36(22-20-35)26-42(56)32(7)24-43(57)33(8)50-46(59)14-3)51-47(60)39-29-63-48(52-39)45(62-34(9)55)28-41(30(4)5)54(11)49(61)38(31(6)13-2)27-44(58)40-18-15-16-23-53(40)10;1-3-19-9-5-7-11(16)6-4-8-15-13(17)10-12(20-2)14(15)18;2-1-3/h19-22,29-33,37-38,40-41,45H,12-18,23-28H2,1-11H3,(H,50,59)(H,51,60);12H,3-10H2,1-2H3;/t31-,32+,33-,37+,38-,40?,41+,45+;;/m0../s1. The fourth-order valence-electron chi connectivity index (χ4n) is 10.6. The molecule has 2 aliphatic rings. The SMILES string of the molecule is CCC[C@H](Cc1ccc(CC(=O)[C@H](C)CC(=O)[C@H](C)NC(=O)CC)cc1)NC(=O)c1csc([C@@H](C[C@H](C(C)C)N(C)C(=O)[C@@H](CC(=O)C2CCCCN2C)[C@@H](C)CC)OC(C)=O)n1.CCOCCCC(=O)CCCN1C(=O)CC(SC)C1=O.O=C=O. The third-order valence-corrected chi connectivity index (χ3v) is 17.9. The quantitative estimate of drug-likeness (QED) is 0.0367. The monoisotopic (exact) mass is 1240 g/mol. The molecule has 9 atom stereocenters. The minimum absolute atomic E-state index is 0.00209. The molecule has 22 heteroatoms. The van der Waals surface area contributed by atoms with Crippen LogP contribution in [0.1, 0.15) is 198 Å². The van der Waals surface area contributed by atoms with Crippen molar-refractivity contribution >= 4 is 87.9 Å². The highest BCUT2D eigenvalue weighted by Gasteiger charge is 2.39. The molecular formula is C64H98N6O14S2. The normalized spacial score (nSPS) is 17.4. The number of rotatable bonds is 36. The van der Waals surface area contributed by atoms with Crippen LogP contribution in [0.4, 0.5) is 0 Å². The first-order valence-corrected chi connectivity index (χ1v) is 32.8. The molecule has 1 aromatic carbocycles. The first-order chi connectivity index (χ1) is 40.8. The Labute approximate surface area is 518 Å². The van der Waals surface area contributed by atoms with E-state index in [9.17, 15) is 47.9 Å². The minimum atomic E-state index is -0.798. The van der Waals surface area contributed by atoms with Gasteiger partial charge in [-0.2, -0.15) is 21.4 Å². The second-order valence-corrected chi connectivity index (χ2v) is 24.9. The van der Waals surface area contributed by atoms with Crippen molar-refractivity contribution in [3.05, 3.63) is 51.5 Å². The summed E-state index contributed by atoms with van der Waals surface area (Å²) < 4.78 is 11.0. The number of amides is 5. The number of benzene rings is 1. The summed E-state index contributed by atoms with van der Waals surface area (Å²) in [6.07, 6.45) is 10.6. The van der Waals surface area contributed by atoms with Crippen molar-refractivity contribution in [2.75, 3.05) is 46.7 Å². The van der Waals surface area contributed by atoms with Gasteiger partial charge in [-0.25, -0.2) is 4.98 Å². The van der Waals surface area contributed by atoms with E-state index in [0.29, 0.717) is 56.9 Å². The van der Waals surface area contributed by atoms with Crippen molar-refractivity contribution in [1.29, 1.82) is 0 Å². The number of thiazole rings is 1. The number of ether oxygens (including phenoxy) is 2. The molecule has 5 amide bonds. The number of piperidine rings is 1. The molecule has 2 saturated heterocycles. The van der Waals surface area contributed by atoms with Crippen LogP contribution >= 0.6 is 23.1 Å². The Kier molecular flexibility index (Phi) is 36.0. The molecule has 0 radical (unpaired) electrons. The Morgan fingerprint density at radius 3 is 2.12 bits per heavy atom. The van der Waals surface area contributed by atoms with E-state index in [1.807, 2.05) is 79.1 Å². The van der Waals surface area contributed by atoms with Crippen molar-refractivity contribution in [1.82, 2.24) is 30.3 Å². The Morgan fingerprint density at radius 1 is 0.895 bits per heavy atom. The maximum atomic E-state index is 14.3. The number of imide groups is 1. The zero-order valence-electron chi connectivity index (χ0n) is 53.3. The number of carbonyl (C=O) groups excluding carboxylic acids is 12. The first kappa shape index (κ1) is 76.3. The van der Waals surface area contributed by atoms with Gasteiger partial charge in [0.25, 0.3) is 5.91 Å². The van der Waals surface area contributed by atoms with Gasteiger partial charge in [0, 0.05) is 114 Å². The summed E-state index contributed by atoms with van der Waals surface area (Å²) in [6.45, 7) is 21.0. The van der Waals surface area contributed by atoms with Gasteiger partial charge in [-0.3, -0.25) is 57.7 Å². The number of likely N-dealkylation sites (N-methyl/N-ethyl adjacent to an activating group) is 1. The van der Waals surface area contributed by atoms with E-state index in [1.165, 1.54) is 34.9 Å². The van der Waals surface area contributed by atoms with Crippen LogP contribution in [-0.2, 0) is 75.1 Å². The molecule has 2 aromatic rings. The topological polar surface area (TPSA) is 270 Å². The summed E-state index contributed by atoms with van der Waals surface area (Å²) in [6, 6.07) is 6.35. The number of nitrogens with zero attached hydrogens (tertiary/aromatic N) is 4. The maximum absolute atomic E-state index is 14.3. The van der Waals surface area contributed by atoms with Crippen LogP contribution in [-0.4, -0.2) is 161 Å². The summed E-state index contributed by atoms with van der Waals surface area (Å²) in [5, 5.41) is 7.70. The zero-order chi connectivity index (χ0) is 64.6. The Bertz CT molecular complexity index is 2550. The lowest BCUT2D eigenvalue weighted by Gasteiger charge is -2.37. The van der Waals surface area contributed by atoms with Gasteiger partial charge in [-0.05, 0) is 95.2 Å². The number of aromatic nitrogens is 1. The molecule has 86 heavy (non-hydrogen) atoms. The lowest BCUT2D eigenvalue weighted by molar-refractivity contribution is -0.192. The van der Waals surface area contributed by atoms with Crippen molar-refractivity contribution in [2.45, 2.75) is 214 Å². The first-order valence-electron chi connectivity index (χ1n) is 30.6. The second kappa shape index (κ2) is 40.6. The summed E-state index contributed by atoms with van der Waals surface area (Å²) in [4.78, 5) is 153. The maximum Gasteiger partial charge on any atom is 0.373 e. The van der Waals surface area contributed by atoms with Crippen LogP contribution < -0.4 is 10.6 Å². The van der Waals surface area contributed by atoms with Gasteiger partial charge in [0.2, 0.25) is 23.6 Å². The van der Waals surface area contributed by atoms with E-state index in [0.717, 1.165) is 62.6 Å². The summed E-state index contributed by atoms with van der Waals surface area (Å²) in [5.41, 5.74) is 2.03. The van der Waals surface area contributed by atoms with Gasteiger partial charge < -0.3 is 25.0 Å². The van der Waals surface area contributed by atoms with Crippen molar-refractivity contribution in [3.8, 4) is 0 Å². The summed E-state index contributed by atoms with van der Waals surface area (Å²) in [5.74, 6) is -2.27. The van der Waals surface area contributed by atoms with E-state index in [-0.39, 0.29) is 132 Å². The van der Waals surface area contributed by atoms with Crippen LogP contribution in [0.2, 0.25) is 0 Å². The number of nitrogens with one attached hydrogen (secondary N) is 2. The molecule has 0 spiro atoms. The van der Waals surface area contributed by atoms with Gasteiger partial charge in [0.15, 0.2) is 17.7 Å². The van der Waals surface area contributed by atoms with Crippen LogP contribution in [0, 0.1) is 23.7 Å². The van der Waals surface area contributed by atoms with Crippen molar-refractivity contribution in [3.63, 3.8) is 0 Å². The molecule has 2 fully saturated rings. The smallest absolute Gasteiger partial charge is 0.373 e. The van der Waals surface area contributed by atoms with Gasteiger partial charge in [0.05, 0.1) is 17.3 Å². The minimum Gasteiger partial charge on any atom is -0.455 e. The molecule has 480 valence electrons. The molecule has 2 N–H and O–H groups in total. The van der Waals surface area contributed by atoms with Gasteiger partial charge in [0.1, 0.15) is 22.3 Å². The lowest BCUT2D eigenvalue weighted by Crippen LogP contribution is -2.48. The van der Waals surface area contributed by atoms with Gasteiger partial charge in [-0.15, -0.1) is 11.3 Å². The van der Waals surface area contributed by atoms with E-state index in [2.05, 4.69) is 20.5 Å². The van der Waals surface area contributed by atoms with Gasteiger partial charge in [-0.1, -0.05) is 92.0 Å². The molecule has 20 nitrogen and oxygen atoms in total. The predicted molar refractivity (Wildman–Crippen MR) is 331 cm³/mol. The lowest BCUT2D eigenvalue weighted by atomic mass is 9.83. The predicted octanol–water partition coefficient (Wildman–Crippen LogP) is 8.55. The highest BCUT2D eigenvalue weighted by atomic mass is 32.2. The molecular weight excluding hydrogens is 1140 g/mol. The largest absolute Gasteiger partial charge is 0.455 e. The summed E-state index contributed by atoms with van der Waals surface area (Å²) >= 11 is 2.65. The Morgan fingerprint density at radius 2 is 1.55 bits per heavy atom. The molecule has 3 heterocycles. The molecule has 0 bridgehead atoms. The van der Waals surface area contributed by atoms with Crippen LogP contribution in [0.3, 0.4) is 0 Å². The van der Waals surface area contributed by atoms with Crippen LogP contribution in [0.15, 0.2) is 29.6 Å². The fraction of sp³-hybridized carbons (Fsp3) is 0.688. The molecule has 2 unspecified atom stereocenters. The van der Waals surface area contributed by atoms with E-state index in [1.54, 1.807) is 38.1 Å². The summed E-state index contributed by atoms with van der Waals surface area (Å²) in [7, 11) is 3.76. The molecule has 0 aliphatic carbocycles. The number of hydrogen-bond acceptors (Lipinski definition) is 18. The fourth-order valence-corrected chi connectivity index (χ4v) is 12.0. The second-order valence-electron chi connectivity index (χ2n) is 23.0. The third-order valence-electron chi connectivity index (χ3n) is 16.0. The number of carbonyl (C=O) groups is 10. The molecule has 2 aliphatic heterocycles. The number of thioether (sulfide) groups is 1. The number of ketones is 4. The van der Waals surface area contributed by atoms with Crippen LogP contribution in [0.25, 0.3) is 0 Å². The highest BCUT2D eigenvalue weighted by Crippen LogP contribution is 2.33.